The molecule has 556 valence electrons. The van der Waals surface area contributed by atoms with E-state index in [0.29, 0.717) is 6.42 Å². The molecule has 0 aromatic heterocycles. The van der Waals surface area contributed by atoms with Gasteiger partial charge in [-0.1, -0.05) is 13.8 Å². The van der Waals surface area contributed by atoms with E-state index in [4.69, 9.17) is 33.8 Å². The number of nitrogens with zero attached hydrogens (tertiary/aromatic N) is 2. The minimum atomic E-state index is -2.30. The van der Waals surface area contributed by atoms with E-state index < -0.39 is 269 Å². The van der Waals surface area contributed by atoms with E-state index in [9.17, 15) is 122 Å². The summed E-state index contributed by atoms with van der Waals surface area (Å²) >= 11 is 0. The van der Waals surface area contributed by atoms with Gasteiger partial charge < -0.3 is 128 Å². The minimum Gasteiger partial charge on any atom is -0.481 e. The van der Waals surface area contributed by atoms with Crippen molar-refractivity contribution in [3.05, 3.63) is 0 Å². The Labute approximate surface area is 564 Å². The molecule has 1 heterocycles. The summed E-state index contributed by atoms with van der Waals surface area (Å²) in [6.45, 7) is 0.240. The van der Waals surface area contributed by atoms with Crippen LogP contribution in [-0.2, 0) is 86.3 Å². The smallest absolute Gasteiger partial charge is 0.326 e. The van der Waals surface area contributed by atoms with Crippen LogP contribution in [0, 0.1) is 5.92 Å². The molecule has 0 bridgehead atoms. The second kappa shape index (κ2) is 44.4. The minimum absolute atomic E-state index is 0.00283. The Morgan fingerprint density at radius 2 is 0.808 bits per heavy atom. The number of hydrogen-bond donors (Lipinski definition) is 23. The van der Waals surface area contributed by atoms with Gasteiger partial charge in [0.25, 0.3) is 0 Å². The summed E-state index contributed by atoms with van der Waals surface area (Å²) in [5.41, 5.74) is 27.6. The molecule has 1 fully saturated rings. The monoisotopic (exact) mass is 1420 g/mol. The van der Waals surface area contributed by atoms with Crippen molar-refractivity contribution in [3.63, 3.8) is 0 Å². The molecule has 0 spiro atoms. The van der Waals surface area contributed by atoms with Crippen molar-refractivity contribution >= 4 is 113 Å². The summed E-state index contributed by atoms with van der Waals surface area (Å²) in [5.74, 6) is -25.5. The second-order valence-electron chi connectivity index (χ2n) is 23.0. The number of rotatable bonds is 49. The normalized spacial score (nSPS) is 15.8. The van der Waals surface area contributed by atoms with Gasteiger partial charge >= 0.3 is 35.8 Å². The third kappa shape index (κ3) is 32.9. The van der Waals surface area contributed by atoms with Gasteiger partial charge in [0.1, 0.15) is 66.5 Å². The van der Waals surface area contributed by atoms with Crippen molar-refractivity contribution < 1.29 is 127 Å². The zero-order valence-electron chi connectivity index (χ0n) is 54.3. The van der Waals surface area contributed by atoms with Crippen LogP contribution in [0.1, 0.15) is 123 Å². The number of aliphatic carboxylic acids is 6. The number of nitrogens with two attached hydrogens (primary N) is 5. The van der Waals surface area contributed by atoms with Crippen LogP contribution in [0.3, 0.4) is 0 Å². The molecule has 12 atom stereocenters. The first-order valence-electron chi connectivity index (χ1n) is 31.0. The molecule has 12 amide bonds. The van der Waals surface area contributed by atoms with E-state index in [2.05, 4.69) is 42.2 Å². The van der Waals surface area contributed by atoms with Crippen molar-refractivity contribution in [1.82, 2.24) is 58.1 Å². The average molecular weight is 1420 g/mol. The molecular formula is C56H91N17O26. The van der Waals surface area contributed by atoms with Gasteiger partial charge in [0.15, 0.2) is 5.96 Å². The Morgan fingerprint density at radius 1 is 0.444 bits per heavy atom. The summed E-state index contributed by atoms with van der Waals surface area (Å²) in [5, 5.41) is 99.3. The molecule has 0 saturated carbocycles. The Bertz CT molecular complexity index is 2930. The number of nitrogens with one attached hydrogen (secondary N) is 10. The first-order chi connectivity index (χ1) is 46.4. The van der Waals surface area contributed by atoms with E-state index in [0.717, 1.165) is 4.90 Å². The van der Waals surface area contributed by atoms with E-state index in [1.165, 1.54) is 13.8 Å². The maximum absolute atomic E-state index is 14.1. The van der Waals surface area contributed by atoms with Crippen LogP contribution >= 0.6 is 0 Å². The van der Waals surface area contributed by atoms with Crippen molar-refractivity contribution in [1.29, 1.82) is 0 Å². The molecule has 1 aliphatic rings. The predicted octanol–water partition coefficient (Wildman–Crippen LogP) is -10.1. The number of aliphatic imine (C=N–C) groups is 1. The van der Waals surface area contributed by atoms with Gasteiger partial charge in [-0.05, 0) is 83.1 Å². The first kappa shape index (κ1) is 86.6. The zero-order chi connectivity index (χ0) is 75.4. The average Bonchev–Trinajstić information content (AvgIpc) is 1.76. The summed E-state index contributed by atoms with van der Waals surface area (Å²) in [6.07, 6.45) is -8.36. The molecule has 99 heavy (non-hydrogen) atoms. The molecule has 1 aliphatic heterocycles. The number of unbranched alkanes of at least 4 members (excludes halogenated alkanes) is 1. The van der Waals surface area contributed by atoms with E-state index in [1.54, 1.807) is 0 Å². The topological polar surface area (TPSA) is 735 Å². The summed E-state index contributed by atoms with van der Waals surface area (Å²) in [6, 6.07) is -21.8. The molecule has 1 saturated heterocycles. The molecule has 1 rings (SSSR count). The number of carboxylic acid groups (broad SMARTS) is 6. The van der Waals surface area contributed by atoms with Gasteiger partial charge in [0.05, 0.1) is 32.1 Å². The highest BCUT2D eigenvalue weighted by Gasteiger charge is 2.42. The Hall–Kier alpha value is -10.4. The number of aliphatic hydroxyl groups excluding tert-OH is 2. The van der Waals surface area contributed by atoms with Crippen LogP contribution in [0.5, 0.6) is 0 Å². The second-order valence-corrected chi connectivity index (χ2v) is 23.0. The van der Waals surface area contributed by atoms with Gasteiger partial charge in [-0.25, -0.2) is 4.79 Å². The lowest BCUT2D eigenvalue weighted by Crippen LogP contribution is -2.61. The number of amides is 12. The Balaban J connectivity index is 3.62. The number of aliphatic hydroxyl groups is 2. The SMILES string of the molecule is CC(C)[C@H](NC(=O)[C@@H]1CCCN1C(=O)[C@H](CC(N)=O)NC(=O)[C@H](CCC(=O)O)NC(=O)[C@H](CC(=O)O)NC(=O)[C@H](CCC(=O)O)NC(=O)[C@H](CO)NC(=O)[C@H](CCCN=C(N)N)NC(=O)[C@H](CCC(=O)O)NC(=O)[C@H](CO)NC(=O)[C@H](CCCCN)NC(=O)[C@@H](N)CCC(=O)O)C(=O)O. The fourth-order valence-electron chi connectivity index (χ4n) is 9.45. The van der Waals surface area contributed by atoms with Crippen LogP contribution in [0.15, 0.2) is 4.99 Å². The third-order valence-corrected chi connectivity index (χ3v) is 14.7. The van der Waals surface area contributed by atoms with Crippen molar-refractivity contribution in [3.8, 4) is 0 Å². The van der Waals surface area contributed by atoms with Crippen LogP contribution < -0.4 is 81.8 Å². The molecule has 0 aromatic carbocycles. The quantitative estimate of drug-likeness (QED) is 0.0153. The lowest BCUT2D eigenvalue weighted by molar-refractivity contribution is -0.146. The molecule has 43 nitrogen and oxygen atoms in total. The highest BCUT2D eigenvalue weighted by Crippen LogP contribution is 2.21. The number of carboxylic acids is 6. The standard InChI is InChI=1S/C56H91N17O26/c1-25(2)43(55(98)99)72-53(96)36-9-6-20-73(36)54(97)33(21-37(59)76)69-49(92)31(13-17-41(83)84)65-50(93)32(22-42(85)86)68-48(91)30(12-16-40(81)82)67-52(95)35(24-75)71-46(89)28(8-5-19-62-56(60)61)64-47(90)29(11-15-39(79)80)66-51(94)34(23-74)70-45(88)27(7-3-4-18-57)63-44(87)26(58)10-14-38(77)78/h25-36,43,74-75H,3-24,57-58H2,1-2H3,(H2,59,76)(H,63,87)(H,64,90)(H,65,93)(H,66,94)(H,67,95)(H,68,91)(H,69,92)(H,70,88)(H,71,89)(H,72,96)(H,77,78)(H,79,80)(H,81,82)(H,83,84)(H,85,86)(H,98,99)(H4,60,61,62)/t26-,27-,28-,29-,30-,31-,32-,33-,34-,35-,36-,43-/m0/s1. The van der Waals surface area contributed by atoms with Crippen molar-refractivity contribution in [2.75, 3.05) is 32.8 Å². The third-order valence-electron chi connectivity index (χ3n) is 14.7. The molecule has 43 heteroatoms. The van der Waals surface area contributed by atoms with E-state index in [-0.39, 0.29) is 58.2 Å². The Kier molecular flexibility index (Phi) is 38.8. The molecule has 0 radical (unpaired) electrons. The Morgan fingerprint density at radius 3 is 1.18 bits per heavy atom. The van der Waals surface area contributed by atoms with Gasteiger partial charge in [0, 0.05) is 38.8 Å². The summed E-state index contributed by atoms with van der Waals surface area (Å²) in [7, 11) is 0. The highest BCUT2D eigenvalue weighted by molar-refractivity contribution is 6.01. The van der Waals surface area contributed by atoms with Crippen LogP contribution in [0.4, 0.5) is 0 Å². The maximum Gasteiger partial charge on any atom is 0.326 e. The largest absolute Gasteiger partial charge is 0.481 e. The van der Waals surface area contributed by atoms with Crippen LogP contribution in [-0.4, -0.2) is 264 Å². The maximum atomic E-state index is 14.1. The zero-order valence-corrected chi connectivity index (χ0v) is 54.3. The fourth-order valence-corrected chi connectivity index (χ4v) is 9.45. The molecule has 28 N–H and O–H groups in total. The predicted molar refractivity (Wildman–Crippen MR) is 335 cm³/mol. The number of hydrogen-bond acceptors (Lipinski definition) is 23. The number of likely N-dealkylation sites (tertiary alicyclic amines) is 1. The number of carbonyl (C=O) groups is 18. The van der Waals surface area contributed by atoms with Gasteiger partial charge in [-0.2, -0.15) is 0 Å². The van der Waals surface area contributed by atoms with Crippen LogP contribution in [0.2, 0.25) is 0 Å². The summed E-state index contributed by atoms with van der Waals surface area (Å²) < 4.78 is 0. The lowest BCUT2D eigenvalue weighted by Gasteiger charge is -2.30. The number of guanidine groups is 1. The van der Waals surface area contributed by atoms with E-state index in [1.807, 2.05) is 16.0 Å². The van der Waals surface area contributed by atoms with Gasteiger partial charge in [0.2, 0.25) is 70.9 Å². The molecule has 0 unspecified atom stereocenters. The first-order valence-corrected chi connectivity index (χ1v) is 31.0. The number of primary amides is 1. The van der Waals surface area contributed by atoms with Crippen molar-refractivity contribution in [2.45, 2.75) is 196 Å². The fraction of sp³-hybridized carbons (Fsp3) is 0.661. The molecular weight excluding hydrogens is 1330 g/mol. The molecule has 0 aliphatic carbocycles. The molecule has 0 aromatic rings. The van der Waals surface area contributed by atoms with Crippen molar-refractivity contribution in [2.24, 2.45) is 39.6 Å². The van der Waals surface area contributed by atoms with Gasteiger partial charge in [-0.15, -0.1) is 0 Å². The number of carbonyl (C=O) groups excluding carboxylic acids is 12. The van der Waals surface area contributed by atoms with E-state index >= 15 is 0 Å². The lowest BCUT2D eigenvalue weighted by atomic mass is 10.0. The highest BCUT2D eigenvalue weighted by atomic mass is 16.4. The summed E-state index contributed by atoms with van der Waals surface area (Å²) in [4.78, 5) is 238. The van der Waals surface area contributed by atoms with Gasteiger partial charge in [-0.3, -0.25) is 86.5 Å². The van der Waals surface area contributed by atoms with Crippen LogP contribution in [0.25, 0.3) is 0 Å².